The van der Waals surface area contributed by atoms with Gasteiger partial charge < -0.3 is 0 Å². The smallest absolute Gasteiger partial charge is 0.0999 e. The molecule has 4 bridgehead atoms. The van der Waals surface area contributed by atoms with Crippen LogP contribution >= 0.6 is 116 Å². The minimum atomic E-state index is -0.929. The molecule has 0 saturated heterocycles. The van der Waals surface area contributed by atoms with Crippen LogP contribution in [-0.2, 0) is 12.8 Å². The monoisotopic (exact) mass is 630 g/mol. The van der Waals surface area contributed by atoms with E-state index in [2.05, 4.69) is 6.07 Å². The normalized spacial score (nSPS) is 47.3. The Morgan fingerprint density at radius 1 is 0.625 bits per heavy atom. The molecule has 4 aliphatic rings. The van der Waals surface area contributed by atoms with Gasteiger partial charge in [-0.05, 0) is 36.8 Å². The molecule has 10 heteroatoms. The molecular formula is C22H16Cl10. The van der Waals surface area contributed by atoms with Gasteiger partial charge in [-0.25, -0.2) is 0 Å². The summed E-state index contributed by atoms with van der Waals surface area (Å²) in [5.74, 6) is -0.336. The summed E-state index contributed by atoms with van der Waals surface area (Å²) in [6.07, 6.45) is 2.03. The van der Waals surface area contributed by atoms with Crippen LogP contribution < -0.4 is 0 Å². The summed E-state index contributed by atoms with van der Waals surface area (Å²) in [6, 6.07) is 8.15. The Morgan fingerprint density at radius 2 is 0.969 bits per heavy atom. The van der Waals surface area contributed by atoms with Gasteiger partial charge in [0.05, 0.1) is 50.4 Å². The molecule has 1 aromatic carbocycles. The minimum absolute atomic E-state index is 0.168. The van der Waals surface area contributed by atoms with E-state index in [4.69, 9.17) is 116 Å². The summed E-state index contributed by atoms with van der Waals surface area (Å²) < 4.78 is 0. The van der Waals surface area contributed by atoms with Gasteiger partial charge in [-0.1, -0.05) is 70.7 Å². The van der Waals surface area contributed by atoms with Crippen LogP contribution in [0.2, 0.25) is 0 Å². The minimum Gasteiger partial charge on any atom is -0.120 e. The summed E-state index contributed by atoms with van der Waals surface area (Å²) in [6.45, 7) is 0. The molecule has 0 radical (unpaired) electrons. The first kappa shape index (κ1) is 25.3. The Bertz CT molecular complexity index is 987. The highest BCUT2D eigenvalue weighted by Crippen LogP contribution is 2.68. The molecule has 0 heterocycles. The van der Waals surface area contributed by atoms with Crippen molar-refractivity contribution in [2.75, 3.05) is 0 Å². The molecule has 8 atom stereocenters. The molecule has 0 N–H and O–H groups in total. The molecule has 1 aromatic rings. The van der Waals surface area contributed by atoms with Gasteiger partial charge in [0.25, 0.3) is 0 Å². The van der Waals surface area contributed by atoms with E-state index in [9.17, 15) is 0 Å². The highest BCUT2D eigenvalue weighted by atomic mass is 35.5. The molecule has 0 spiro atoms. The standard InChI is InChI=1S/C22H16Cl10/c23-13-11(19(29)7-21(13,31)17(27)15(19)25)5-9-2-1-3-10(4-9)6-12-14(24)22(32)8-20(12,30)16(26)18(22)28/h1-4,11-14H,5-8H2. The lowest BCUT2D eigenvalue weighted by atomic mass is 9.83. The first-order valence-electron chi connectivity index (χ1n) is 10.0. The van der Waals surface area contributed by atoms with Crippen LogP contribution in [0.1, 0.15) is 24.0 Å². The Hall–Kier alpha value is 1.60. The average Bonchev–Trinajstić information content (AvgIpc) is 3.23. The van der Waals surface area contributed by atoms with Crippen molar-refractivity contribution >= 4 is 116 Å². The fourth-order valence-electron chi connectivity index (χ4n) is 5.84. The predicted octanol–water partition coefficient (Wildman–Crippen LogP) is 9.34. The van der Waals surface area contributed by atoms with E-state index >= 15 is 0 Å². The van der Waals surface area contributed by atoms with Crippen molar-refractivity contribution in [1.82, 2.24) is 0 Å². The summed E-state index contributed by atoms with van der Waals surface area (Å²) in [7, 11) is 0. The van der Waals surface area contributed by atoms with E-state index in [0.717, 1.165) is 11.1 Å². The van der Waals surface area contributed by atoms with Crippen LogP contribution in [0, 0.1) is 11.8 Å². The highest BCUT2D eigenvalue weighted by molar-refractivity contribution is 6.54. The molecular weight excluding hydrogens is 619 g/mol. The number of allylic oxidation sites excluding steroid dienone is 4. The van der Waals surface area contributed by atoms with Gasteiger partial charge in [0.1, 0.15) is 0 Å². The number of hydrogen-bond donors (Lipinski definition) is 0. The molecule has 0 aromatic heterocycles. The molecule has 32 heavy (non-hydrogen) atoms. The quantitative estimate of drug-likeness (QED) is 0.290. The van der Waals surface area contributed by atoms with Crippen molar-refractivity contribution in [2.24, 2.45) is 11.8 Å². The maximum Gasteiger partial charge on any atom is 0.0999 e. The van der Waals surface area contributed by atoms with Gasteiger partial charge in [-0.2, -0.15) is 0 Å². The lowest BCUT2D eigenvalue weighted by molar-refractivity contribution is 0.466. The Kier molecular flexibility index (Phi) is 6.35. The summed E-state index contributed by atoms with van der Waals surface area (Å²) in [5.41, 5.74) is 2.12. The van der Waals surface area contributed by atoms with Crippen LogP contribution in [0.25, 0.3) is 0 Å². The third kappa shape index (κ3) is 3.24. The van der Waals surface area contributed by atoms with Crippen molar-refractivity contribution in [2.45, 2.75) is 55.9 Å². The van der Waals surface area contributed by atoms with Gasteiger partial charge in [0, 0.05) is 11.8 Å². The van der Waals surface area contributed by atoms with Gasteiger partial charge in [0.2, 0.25) is 0 Å². The predicted molar refractivity (Wildman–Crippen MR) is 141 cm³/mol. The first-order chi connectivity index (χ1) is 14.8. The zero-order valence-electron chi connectivity index (χ0n) is 16.2. The molecule has 0 amide bonds. The summed E-state index contributed by atoms with van der Waals surface area (Å²) >= 11 is 66.4. The van der Waals surface area contributed by atoms with Crippen molar-refractivity contribution in [1.29, 1.82) is 0 Å². The molecule has 8 unspecified atom stereocenters. The van der Waals surface area contributed by atoms with E-state index in [-0.39, 0.29) is 11.8 Å². The fraction of sp³-hybridized carbons (Fsp3) is 0.545. The van der Waals surface area contributed by atoms with Crippen molar-refractivity contribution in [3.8, 4) is 0 Å². The number of rotatable bonds is 4. The van der Waals surface area contributed by atoms with E-state index in [1.807, 2.05) is 18.2 Å². The SMILES string of the molecule is ClC1=C(Cl)C2(Cl)CC1(Cl)C(Cl)C2Cc1cccc(CC2C(Cl)C3(Cl)CC2(Cl)C(Cl)=C3Cl)c1. The molecule has 2 saturated carbocycles. The van der Waals surface area contributed by atoms with Gasteiger partial charge in [-0.15, -0.1) is 69.6 Å². The second-order valence-corrected chi connectivity index (χ2v) is 14.5. The van der Waals surface area contributed by atoms with E-state index in [0.29, 0.717) is 45.8 Å². The zero-order valence-corrected chi connectivity index (χ0v) is 23.8. The largest absolute Gasteiger partial charge is 0.120 e. The van der Waals surface area contributed by atoms with Crippen molar-refractivity contribution < 1.29 is 0 Å². The number of benzene rings is 1. The van der Waals surface area contributed by atoms with Crippen molar-refractivity contribution in [3.63, 3.8) is 0 Å². The third-order valence-electron chi connectivity index (χ3n) is 7.53. The maximum absolute atomic E-state index is 6.92. The zero-order chi connectivity index (χ0) is 23.4. The van der Waals surface area contributed by atoms with Crippen molar-refractivity contribution in [3.05, 3.63) is 55.5 Å². The van der Waals surface area contributed by atoms with Crippen LogP contribution in [0.4, 0.5) is 0 Å². The molecule has 4 aliphatic carbocycles. The van der Waals surface area contributed by atoms with Crippen LogP contribution in [0.3, 0.4) is 0 Å². The number of halogens is 10. The molecule has 5 rings (SSSR count). The average molecular weight is 635 g/mol. The lowest BCUT2D eigenvalue weighted by Crippen LogP contribution is -2.39. The van der Waals surface area contributed by atoms with E-state index in [1.165, 1.54) is 0 Å². The molecule has 2 fully saturated rings. The Balaban J connectivity index is 1.40. The number of hydrogen-bond acceptors (Lipinski definition) is 0. The van der Waals surface area contributed by atoms with E-state index in [1.54, 1.807) is 0 Å². The van der Waals surface area contributed by atoms with Gasteiger partial charge in [0.15, 0.2) is 0 Å². The number of alkyl halides is 6. The van der Waals surface area contributed by atoms with Crippen LogP contribution in [0.5, 0.6) is 0 Å². The summed E-state index contributed by atoms with van der Waals surface area (Å²) in [4.78, 5) is -3.59. The topological polar surface area (TPSA) is 0 Å². The number of fused-ring (bicyclic) bond motifs is 4. The highest BCUT2D eigenvalue weighted by Gasteiger charge is 2.69. The van der Waals surface area contributed by atoms with E-state index < -0.39 is 30.3 Å². The molecule has 174 valence electrons. The Morgan fingerprint density at radius 3 is 1.31 bits per heavy atom. The lowest BCUT2D eigenvalue weighted by Gasteiger charge is -2.35. The van der Waals surface area contributed by atoms with Crippen LogP contribution in [0.15, 0.2) is 44.4 Å². The first-order valence-corrected chi connectivity index (χ1v) is 13.9. The van der Waals surface area contributed by atoms with Crippen LogP contribution in [-0.4, -0.2) is 30.3 Å². The second kappa shape index (κ2) is 8.05. The third-order valence-corrected chi connectivity index (χ3v) is 14.1. The fourth-order valence-corrected chi connectivity index (χ4v) is 10.8. The molecule has 0 nitrogen and oxygen atoms in total. The van der Waals surface area contributed by atoms with Gasteiger partial charge >= 0.3 is 0 Å². The molecule has 0 aliphatic heterocycles. The Labute approximate surface area is 237 Å². The maximum atomic E-state index is 6.92. The van der Waals surface area contributed by atoms with Gasteiger partial charge in [-0.3, -0.25) is 0 Å². The summed E-state index contributed by atoms with van der Waals surface area (Å²) in [5, 5.41) is 0.636. The second-order valence-electron chi connectivity index (χ2n) is 9.30.